The van der Waals surface area contributed by atoms with Gasteiger partial charge in [0.1, 0.15) is 5.82 Å². The van der Waals surface area contributed by atoms with Gasteiger partial charge in [0.25, 0.3) is 0 Å². The molecule has 0 atom stereocenters. The minimum Gasteiger partial charge on any atom is -0.357 e. The molecule has 4 rings (SSSR count). The SMILES string of the molecule is c1ccc(-c2cnc(NCc3ccnc(N4CCCC4)c3)s2)cc1. The smallest absolute Gasteiger partial charge is 0.183 e. The van der Waals surface area contributed by atoms with Gasteiger partial charge in [0.2, 0.25) is 0 Å². The molecule has 0 saturated carbocycles. The second-order valence-electron chi connectivity index (χ2n) is 5.97. The number of benzene rings is 1. The first-order valence-electron chi connectivity index (χ1n) is 8.33. The van der Waals surface area contributed by atoms with Crippen molar-refractivity contribution < 1.29 is 0 Å². The van der Waals surface area contributed by atoms with Crippen molar-refractivity contribution in [1.82, 2.24) is 9.97 Å². The average molecular weight is 336 g/mol. The third kappa shape index (κ3) is 3.41. The Morgan fingerprint density at radius 1 is 1.04 bits per heavy atom. The molecule has 0 unspecified atom stereocenters. The molecular formula is C19H20N4S. The van der Waals surface area contributed by atoms with Crippen LogP contribution < -0.4 is 10.2 Å². The zero-order valence-corrected chi connectivity index (χ0v) is 14.3. The van der Waals surface area contributed by atoms with Crippen LogP contribution in [-0.2, 0) is 6.54 Å². The summed E-state index contributed by atoms with van der Waals surface area (Å²) in [7, 11) is 0. The highest BCUT2D eigenvalue weighted by Crippen LogP contribution is 2.29. The highest BCUT2D eigenvalue weighted by atomic mass is 32.1. The summed E-state index contributed by atoms with van der Waals surface area (Å²) in [6.45, 7) is 3.01. The third-order valence-corrected chi connectivity index (χ3v) is 5.25. The van der Waals surface area contributed by atoms with Crippen molar-refractivity contribution in [2.24, 2.45) is 0 Å². The van der Waals surface area contributed by atoms with E-state index in [0.717, 1.165) is 30.6 Å². The van der Waals surface area contributed by atoms with Crippen LogP contribution in [0.25, 0.3) is 10.4 Å². The summed E-state index contributed by atoms with van der Waals surface area (Å²) in [5.41, 5.74) is 2.45. The first kappa shape index (κ1) is 15.1. The van der Waals surface area contributed by atoms with Crippen molar-refractivity contribution in [3.63, 3.8) is 0 Å². The average Bonchev–Trinajstić information content (AvgIpc) is 3.33. The topological polar surface area (TPSA) is 41.1 Å². The Labute approximate surface area is 146 Å². The molecule has 24 heavy (non-hydrogen) atoms. The van der Waals surface area contributed by atoms with E-state index in [9.17, 15) is 0 Å². The monoisotopic (exact) mass is 336 g/mol. The van der Waals surface area contributed by atoms with Gasteiger partial charge in [-0.15, -0.1) is 0 Å². The van der Waals surface area contributed by atoms with Crippen molar-refractivity contribution in [2.75, 3.05) is 23.3 Å². The number of pyridine rings is 1. The van der Waals surface area contributed by atoms with Crippen LogP contribution in [0.15, 0.2) is 54.9 Å². The summed E-state index contributed by atoms with van der Waals surface area (Å²) in [4.78, 5) is 12.5. The Kier molecular flexibility index (Phi) is 4.42. The van der Waals surface area contributed by atoms with Gasteiger partial charge in [0, 0.05) is 32.0 Å². The normalized spacial score (nSPS) is 14.1. The molecule has 4 nitrogen and oxygen atoms in total. The van der Waals surface area contributed by atoms with Crippen molar-refractivity contribution in [3.8, 4) is 10.4 Å². The quantitative estimate of drug-likeness (QED) is 0.749. The molecule has 5 heteroatoms. The predicted octanol–water partition coefficient (Wildman–Crippen LogP) is 4.42. The van der Waals surface area contributed by atoms with Gasteiger partial charge >= 0.3 is 0 Å². The fourth-order valence-electron chi connectivity index (χ4n) is 2.96. The number of hydrogen-bond acceptors (Lipinski definition) is 5. The number of thiazole rings is 1. The van der Waals surface area contributed by atoms with Crippen LogP contribution in [0.2, 0.25) is 0 Å². The van der Waals surface area contributed by atoms with Gasteiger partial charge < -0.3 is 10.2 Å². The molecule has 0 spiro atoms. The van der Waals surface area contributed by atoms with Crippen LogP contribution in [0.5, 0.6) is 0 Å². The molecule has 0 aliphatic carbocycles. The summed E-state index contributed by atoms with van der Waals surface area (Å²) in [6.07, 6.45) is 6.38. The van der Waals surface area contributed by atoms with E-state index < -0.39 is 0 Å². The molecule has 1 aliphatic rings. The zero-order chi connectivity index (χ0) is 16.2. The van der Waals surface area contributed by atoms with Crippen molar-refractivity contribution in [1.29, 1.82) is 0 Å². The number of nitrogens with one attached hydrogen (secondary N) is 1. The van der Waals surface area contributed by atoms with E-state index in [1.54, 1.807) is 11.3 Å². The van der Waals surface area contributed by atoms with E-state index >= 15 is 0 Å². The van der Waals surface area contributed by atoms with E-state index in [0.29, 0.717) is 0 Å². The second-order valence-corrected chi connectivity index (χ2v) is 7.00. The molecule has 3 aromatic rings. The van der Waals surface area contributed by atoms with Gasteiger partial charge in [0.15, 0.2) is 5.13 Å². The van der Waals surface area contributed by atoms with Crippen LogP contribution >= 0.6 is 11.3 Å². The van der Waals surface area contributed by atoms with E-state index in [4.69, 9.17) is 0 Å². The second kappa shape index (κ2) is 7.01. The van der Waals surface area contributed by atoms with Crippen LogP contribution in [0.4, 0.5) is 10.9 Å². The maximum Gasteiger partial charge on any atom is 0.183 e. The molecule has 0 amide bonds. The van der Waals surface area contributed by atoms with Crippen molar-refractivity contribution in [3.05, 3.63) is 60.4 Å². The summed E-state index contributed by atoms with van der Waals surface area (Å²) in [6, 6.07) is 14.6. The molecule has 0 radical (unpaired) electrons. The summed E-state index contributed by atoms with van der Waals surface area (Å²) < 4.78 is 0. The van der Waals surface area contributed by atoms with E-state index in [1.165, 1.54) is 28.8 Å². The van der Waals surface area contributed by atoms with Crippen LogP contribution in [0, 0.1) is 0 Å². The van der Waals surface area contributed by atoms with Crippen LogP contribution in [0.3, 0.4) is 0 Å². The third-order valence-electron chi connectivity index (χ3n) is 4.25. The Bertz CT molecular complexity index is 794. The minimum absolute atomic E-state index is 0.769. The molecule has 1 N–H and O–H groups in total. The first-order valence-corrected chi connectivity index (χ1v) is 9.15. The Balaban J connectivity index is 1.42. The predicted molar refractivity (Wildman–Crippen MR) is 101 cm³/mol. The Morgan fingerprint density at radius 2 is 1.88 bits per heavy atom. The highest BCUT2D eigenvalue weighted by Gasteiger charge is 2.13. The highest BCUT2D eigenvalue weighted by molar-refractivity contribution is 7.18. The fourth-order valence-corrected chi connectivity index (χ4v) is 3.78. The molecule has 3 heterocycles. The number of hydrogen-bond donors (Lipinski definition) is 1. The van der Waals surface area contributed by atoms with Gasteiger partial charge in [-0.1, -0.05) is 41.7 Å². The van der Waals surface area contributed by atoms with Crippen LogP contribution in [-0.4, -0.2) is 23.1 Å². The lowest BCUT2D eigenvalue weighted by Crippen LogP contribution is -2.19. The zero-order valence-electron chi connectivity index (χ0n) is 13.5. The Morgan fingerprint density at radius 3 is 2.71 bits per heavy atom. The molecule has 0 bridgehead atoms. The molecule has 1 saturated heterocycles. The standard InChI is InChI=1S/C19H20N4S/c1-2-6-16(7-3-1)17-14-22-19(24-17)21-13-15-8-9-20-18(12-15)23-10-4-5-11-23/h1-3,6-9,12,14H,4-5,10-11,13H2,(H,21,22). The maximum absolute atomic E-state index is 4.51. The van der Waals surface area contributed by atoms with Gasteiger partial charge in [-0.2, -0.15) is 0 Å². The number of aromatic nitrogens is 2. The van der Waals surface area contributed by atoms with Gasteiger partial charge in [-0.25, -0.2) is 9.97 Å². The van der Waals surface area contributed by atoms with E-state index in [-0.39, 0.29) is 0 Å². The molecule has 1 aromatic carbocycles. The summed E-state index contributed by atoms with van der Waals surface area (Å²) >= 11 is 1.69. The van der Waals surface area contributed by atoms with E-state index in [2.05, 4.69) is 56.6 Å². The van der Waals surface area contributed by atoms with E-state index in [1.807, 2.05) is 18.5 Å². The number of anilines is 2. The molecule has 122 valence electrons. The summed E-state index contributed by atoms with van der Waals surface area (Å²) in [5.74, 6) is 1.09. The first-order chi connectivity index (χ1) is 11.9. The van der Waals surface area contributed by atoms with Gasteiger partial charge in [0.05, 0.1) is 4.88 Å². The fraction of sp³-hybridized carbons (Fsp3) is 0.263. The number of rotatable bonds is 5. The Hall–Kier alpha value is -2.40. The largest absolute Gasteiger partial charge is 0.357 e. The van der Waals surface area contributed by atoms with Gasteiger partial charge in [-0.05, 0) is 36.1 Å². The van der Waals surface area contributed by atoms with Gasteiger partial charge in [-0.3, -0.25) is 0 Å². The summed E-state index contributed by atoms with van der Waals surface area (Å²) in [5, 5.41) is 4.38. The molecule has 1 aliphatic heterocycles. The number of nitrogens with zero attached hydrogens (tertiary/aromatic N) is 3. The molecule has 2 aromatic heterocycles. The van der Waals surface area contributed by atoms with Crippen molar-refractivity contribution >= 4 is 22.3 Å². The van der Waals surface area contributed by atoms with Crippen LogP contribution in [0.1, 0.15) is 18.4 Å². The lowest BCUT2D eigenvalue weighted by molar-refractivity contribution is 0.931. The minimum atomic E-state index is 0.769. The molecule has 1 fully saturated rings. The lowest BCUT2D eigenvalue weighted by Gasteiger charge is -2.16. The van der Waals surface area contributed by atoms with Crippen molar-refractivity contribution in [2.45, 2.75) is 19.4 Å². The maximum atomic E-state index is 4.51. The lowest BCUT2D eigenvalue weighted by atomic mass is 10.2. The molecular weight excluding hydrogens is 316 g/mol.